The number of hydrogen-bond donors (Lipinski definition) is 1. The van der Waals surface area contributed by atoms with Gasteiger partial charge in [0.1, 0.15) is 4.87 Å². The molecule has 0 radical (unpaired) electrons. The molecule has 0 spiro atoms. The van der Waals surface area contributed by atoms with Gasteiger partial charge in [0.05, 0.1) is 0 Å². The molecule has 0 bridgehead atoms. The summed E-state index contributed by atoms with van der Waals surface area (Å²) in [6.45, 7) is 5.07. The van der Waals surface area contributed by atoms with E-state index in [1.807, 2.05) is 28.8 Å². The number of amides is 2. The van der Waals surface area contributed by atoms with E-state index in [1.165, 1.54) is 22.3 Å². The molecule has 1 saturated heterocycles. The number of carbonyl (C=O) groups is 1. The van der Waals surface area contributed by atoms with Crippen molar-refractivity contribution in [2.45, 2.75) is 18.7 Å². The van der Waals surface area contributed by atoms with E-state index in [2.05, 4.69) is 49.5 Å². The first-order chi connectivity index (χ1) is 10.6. The molecule has 2 amide bonds. The highest BCUT2D eigenvalue weighted by Gasteiger charge is 2.51. The average Bonchev–Trinajstić information content (AvgIpc) is 2.97. The lowest BCUT2D eigenvalue weighted by Gasteiger charge is -2.43. The van der Waals surface area contributed by atoms with Crippen molar-refractivity contribution < 1.29 is 4.79 Å². The summed E-state index contributed by atoms with van der Waals surface area (Å²) in [6.07, 6.45) is 0. The molecule has 1 atom stereocenters. The second kappa shape index (κ2) is 4.78. The number of benzene rings is 2. The number of nitrogens with one attached hydrogen (secondary N) is 1. The lowest BCUT2D eigenvalue weighted by molar-refractivity contribution is 0.195. The van der Waals surface area contributed by atoms with Crippen LogP contribution in [0.4, 0.5) is 10.5 Å². The van der Waals surface area contributed by atoms with Crippen LogP contribution < -0.4 is 5.32 Å². The molecule has 2 heterocycles. The summed E-state index contributed by atoms with van der Waals surface area (Å²) < 4.78 is 0. The Morgan fingerprint density at radius 3 is 2.73 bits per heavy atom. The Bertz CT molecular complexity index is 773. The van der Waals surface area contributed by atoms with Gasteiger partial charge in [-0.05, 0) is 36.6 Å². The number of anilines is 1. The molecular formula is C18H18N2OS. The minimum absolute atomic E-state index is 0.00426. The maximum absolute atomic E-state index is 12.6. The van der Waals surface area contributed by atoms with Crippen molar-refractivity contribution in [3.05, 3.63) is 64.7 Å². The number of thioether (sulfide) groups is 1. The zero-order valence-corrected chi connectivity index (χ0v) is 13.5. The number of nitrogens with zero attached hydrogens (tertiary/aromatic N) is 1. The molecule has 3 nitrogen and oxygen atoms in total. The fourth-order valence-corrected chi connectivity index (χ4v) is 5.15. The highest BCUT2D eigenvalue weighted by Crippen LogP contribution is 2.54. The molecule has 2 aliphatic heterocycles. The van der Waals surface area contributed by atoms with E-state index in [0.717, 1.165) is 18.0 Å². The van der Waals surface area contributed by atoms with Crippen LogP contribution in [0.3, 0.4) is 0 Å². The predicted octanol–water partition coefficient (Wildman–Crippen LogP) is 4.10. The van der Waals surface area contributed by atoms with Gasteiger partial charge in [0.2, 0.25) is 0 Å². The lowest BCUT2D eigenvalue weighted by atomic mass is 9.89. The van der Waals surface area contributed by atoms with Crippen LogP contribution >= 0.6 is 11.8 Å². The number of para-hydroxylation sites is 1. The molecule has 2 aliphatic rings. The second-order valence-electron chi connectivity index (χ2n) is 5.87. The van der Waals surface area contributed by atoms with Gasteiger partial charge in [0.15, 0.2) is 0 Å². The molecule has 0 saturated carbocycles. The van der Waals surface area contributed by atoms with Gasteiger partial charge in [-0.15, -0.1) is 11.8 Å². The van der Waals surface area contributed by atoms with E-state index in [0.29, 0.717) is 0 Å². The summed E-state index contributed by atoms with van der Waals surface area (Å²) in [5, 5.41) is 3.03. The average molecular weight is 310 g/mol. The summed E-state index contributed by atoms with van der Waals surface area (Å²) >= 11 is 1.86. The fraction of sp³-hybridized carbons (Fsp3) is 0.278. The third kappa shape index (κ3) is 1.67. The molecule has 0 aliphatic carbocycles. The van der Waals surface area contributed by atoms with Gasteiger partial charge < -0.3 is 10.2 Å². The van der Waals surface area contributed by atoms with Gasteiger partial charge >= 0.3 is 6.03 Å². The fourth-order valence-electron chi connectivity index (χ4n) is 3.54. The molecule has 2 aromatic carbocycles. The van der Waals surface area contributed by atoms with Crippen LogP contribution in [0.25, 0.3) is 0 Å². The maximum Gasteiger partial charge on any atom is 0.323 e. The minimum atomic E-state index is -0.394. The van der Waals surface area contributed by atoms with Gasteiger partial charge in [0.25, 0.3) is 0 Å². The van der Waals surface area contributed by atoms with Gasteiger partial charge in [0, 0.05) is 23.5 Å². The van der Waals surface area contributed by atoms with E-state index < -0.39 is 4.87 Å². The highest BCUT2D eigenvalue weighted by molar-refractivity contribution is 8.00. The molecule has 112 valence electrons. The highest BCUT2D eigenvalue weighted by atomic mass is 32.2. The molecule has 4 rings (SSSR count). The minimum Gasteiger partial charge on any atom is -0.307 e. The van der Waals surface area contributed by atoms with Crippen molar-refractivity contribution in [1.82, 2.24) is 4.90 Å². The lowest BCUT2D eigenvalue weighted by Crippen LogP contribution is -2.50. The standard InChI is InChI=1S/C18H18N2OS/c1-12-6-5-8-14(13(12)2)18-15-7-3-4-9-16(15)19-17(21)20(18)10-11-22-18/h3-9H,10-11H2,1-2H3,(H,19,21). The van der Waals surface area contributed by atoms with Crippen LogP contribution in [0.1, 0.15) is 22.3 Å². The van der Waals surface area contributed by atoms with Crippen molar-refractivity contribution >= 4 is 23.5 Å². The van der Waals surface area contributed by atoms with E-state index >= 15 is 0 Å². The third-order valence-corrected chi connectivity index (χ3v) is 6.22. The summed E-state index contributed by atoms with van der Waals surface area (Å²) in [7, 11) is 0. The first-order valence-corrected chi connectivity index (χ1v) is 8.52. The molecule has 1 unspecified atom stereocenters. The Morgan fingerprint density at radius 1 is 1.09 bits per heavy atom. The number of aryl methyl sites for hydroxylation is 1. The van der Waals surface area contributed by atoms with Crippen molar-refractivity contribution in [2.24, 2.45) is 0 Å². The zero-order chi connectivity index (χ0) is 15.3. The molecule has 4 heteroatoms. The van der Waals surface area contributed by atoms with Gasteiger partial charge in [-0.25, -0.2) is 4.79 Å². The smallest absolute Gasteiger partial charge is 0.307 e. The number of fused-ring (bicyclic) bond motifs is 3. The first kappa shape index (κ1) is 13.7. The zero-order valence-electron chi connectivity index (χ0n) is 12.7. The van der Waals surface area contributed by atoms with E-state index in [1.54, 1.807) is 0 Å². The second-order valence-corrected chi connectivity index (χ2v) is 7.16. The molecule has 2 aromatic rings. The summed E-state index contributed by atoms with van der Waals surface area (Å²) in [5.74, 6) is 0.954. The number of carbonyl (C=O) groups excluding carboxylic acids is 1. The number of urea groups is 1. The normalized spacial score (nSPS) is 23.0. The first-order valence-electron chi connectivity index (χ1n) is 7.53. The number of rotatable bonds is 1. The van der Waals surface area contributed by atoms with E-state index in [9.17, 15) is 4.79 Å². The van der Waals surface area contributed by atoms with E-state index in [4.69, 9.17) is 0 Å². The van der Waals surface area contributed by atoms with E-state index in [-0.39, 0.29) is 6.03 Å². The maximum atomic E-state index is 12.6. The van der Waals surface area contributed by atoms with Crippen LogP contribution in [0, 0.1) is 13.8 Å². The number of hydrogen-bond acceptors (Lipinski definition) is 2. The molecule has 1 N–H and O–H groups in total. The van der Waals surface area contributed by atoms with Crippen LogP contribution in [0.2, 0.25) is 0 Å². The Labute approximate surface area is 134 Å². The van der Waals surface area contributed by atoms with Crippen molar-refractivity contribution in [2.75, 3.05) is 17.6 Å². The van der Waals surface area contributed by atoms with Gasteiger partial charge in [-0.3, -0.25) is 0 Å². The molecule has 0 aromatic heterocycles. The van der Waals surface area contributed by atoms with Crippen LogP contribution in [-0.4, -0.2) is 23.2 Å². The van der Waals surface area contributed by atoms with Crippen LogP contribution in [0.5, 0.6) is 0 Å². The van der Waals surface area contributed by atoms with Gasteiger partial charge in [-0.2, -0.15) is 0 Å². The quantitative estimate of drug-likeness (QED) is 0.860. The van der Waals surface area contributed by atoms with Crippen molar-refractivity contribution in [3.63, 3.8) is 0 Å². The summed E-state index contributed by atoms with van der Waals surface area (Å²) in [4.78, 5) is 14.2. The Balaban J connectivity index is 2.05. The van der Waals surface area contributed by atoms with Crippen LogP contribution in [0.15, 0.2) is 42.5 Å². The SMILES string of the molecule is Cc1cccc(C23SCCN2C(=O)Nc2ccccc23)c1C. The summed E-state index contributed by atoms with van der Waals surface area (Å²) in [5.41, 5.74) is 5.89. The third-order valence-electron chi connectivity index (χ3n) is 4.75. The monoisotopic (exact) mass is 310 g/mol. The predicted molar refractivity (Wildman–Crippen MR) is 91.3 cm³/mol. The Morgan fingerprint density at radius 2 is 1.86 bits per heavy atom. The largest absolute Gasteiger partial charge is 0.323 e. The Hall–Kier alpha value is -1.94. The summed E-state index contributed by atoms with van der Waals surface area (Å²) in [6, 6.07) is 14.6. The molecule has 22 heavy (non-hydrogen) atoms. The topological polar surface area (TPSA) is 32.3 Å². The molecule has 1 fully saturated rings. The van der Waals surface area contributed by atoms with Gasteiger partial charge in [-0.1, -0.05) is 36.4 Å². The molecular weight excluding hydrogens is 292 g/mol. The van der Waals surface area contributed by atoms with Crippen molar-refractivity contribution in [3.8, 4) is 0 Å². The van der Waals surface area contributed by atoms with Crippen LogP contribution in [-0.2, 0) is 4.87 Å². The Kier molecular flexibility index (Phi) is 2.98. The van der Waals surface area contributed by atoms with Crippen molar-refractivity contribution in [1.29, 1.82) is 0 Å².